The van der Waals surface area contributed by atoms with E-state index in [0.717, 1.165) is 55.2 Å². The number of anilines is 5. The monoisotopic (exact) mass is 709 g/mol. The van der Waals surface area contributed by atoms with Crippen LogP contribution in [0, 0.1) is 18.8 Å². The van der Waals surface area contributed by atoms with Gasteiger partial charge < -0.3 is 29.7 Å². The molecule has 3 saturated heterocycles. The molecule has 2 unspecified atom stereocenters. The Balaban J connectivity index is 1.12. The summed E-state index contributed by atoms with van der Waals surface area (Å²) in [7, 11) is 0.746. The Morgan fingerprint density at radius 2 is 1.64 bits per heavy atom. The summed E-state index contributed by atoms with van der Waals surface area (Å²) >= 11 is 0. The number of piperidine rings is 1. The molecule has 3 fully saturated rings. The number of halogens is 3. The summed E-state index contributed by atoms with van der Waals surface area (Å²) in [5, 5.41) is 6.18. The fraction of sp³-hybridized carbons (Fsp3) is 0.486. The van der Waals surface area contributed by atoms with Crippen molar-refractivity contribution in [2.24, 2.45) is 11.8 Å². The van der Waals surface area contributed by atoms with Crippen LogP contribution in [0.3, 0.4) is 0 Å². The maximum Gasteiger partial charge on any atom is 0.421 e. The summed E-state index contributed by atoms with van der Waals surface area (Å²) in [6.07, 6.45) is 1.14. The second-order valence-corrected chi connectivity index (χ2v) is 17.3. The van der Waals surface area contributed by atoms with E-state index >= 15 is 0 Å². The largest absolute Gasteiger partial charge is 0.494 e. The van der Waals surface area contributed by atoms with Crippen LogP contribution in [0.1, 0.15) is 24.0 Å². The number of likely N-dealkylation sites (tertiary alicyclic amines) is 2. The normalized spacial score (nSPS) is 20.8. The van der Waals surface area contributed by atoms with Gasteiger partial charge in [-0.25, -0.2) is 4.98 Å². The number of hydrogen-bond donors (Lipinski definition) is 2. The molecule has 11 nitrogen and oxygen atoms in total. The van der Waals surface area contributed by atoms with Crippen molar-refractivity contribution in [1.82, 2.24) is 29.7 Å². The molecule has 7 rings (SSSR count). The molecule has 2 N–H and O–H groups in total. The van der Waals surface area contributed by atoms with Crippen LogP contribution >= 0.6 is 7.14 Å². The maximum atomic E-state index is 14.2. The molecule has 0 radical (unpaired) electrons. The van der Waals surface area contributed by atoms with E-state index in [1.54, 1.807) is 19.2 Å². The Bertz CT molecular complexity index is 1930. The zero-order valence-electron chi connectivity index (χ0n) is 29.0. The van der Waals surface area contributed by atoms with Crippen molar-refractivity contribution < 1.29 is 22.5 Å². The van der Waals surface area contributed by atoms with Gasteiger partial charge >= 0.3 is 6.18 Å². The number of nitrogens with one attached hydrogen (secondary N) is 2. The molecule has 3 aliphatic rings. The molecular formula is C35H43F3N9O2P. The number of methoxy groups -OCH3 is 1. The molecule has 0 bridgehead atoms. The quantitative estimate of drug-likeness (QED) is 0.212. The van der Waals surface area contributed by atoms with Gasteiger partial charge in [0.05, 0.1) is 29.3 Å². The molecule has 2 atom stereocenters. The Labute approximate surface area is 290 Å². The summed E-state index contributed by atoms with van der Waals surface area (Å²) in [6, 6.07) is 7.65. The van der Waals surface area contributed by atoms with Crippen molar-refractivity contribution >= 4 is 52.3 Å². The van der Waals surface area contributed by atoms with Crippen LogP contribution in [0.2, 0.25) is 0 Å². The van der Waals surface area contributed by atoms with Gasteiger partial charge in [-0.3, -0.25) is 14.9 Å². The summed E-state index contributed by atoms with van der Waals surface area (Å²) in [5.41, 5.74) is 2.55. The van der Waals surface area contributed by atoms with Crippen LogP contribution in [0.25, 0.3) is 11.0 Å². The fourth-order valence-corrected chi connectivity index (χ4v) is 9.37. The van der Waals surface area contributed by atoms with Crippen LogP contribution in [0.4, 0.5) is 42.0 Å². The lowest BCUT2D eigenvalue weighted by Crippen LogP contribution is -2.45. The minimum atomic E-state index is -4.76. The molecule has 50 heavy (non-hydrogen) atoms. The van der Waals surface area contributed by atoms with Gasteiger partial charge in [-0.15, -0.1) is 0 Å². The summed E-state index contributed by atoms with van der Waals surface area (Å²) < 4.78 is 61.8. The van der Waals surface area contributed by atoms with Crippen LogP contribution in [0.15, 0.2) is 42.9 Å². The van der Waals surface area contributed by atoms with E-state index in [1.165, 1.54) is 51.9 Å². The van der Waals surface area contributed by atoms with Crippen molar-refractivity contribution in [3.63, 3.8) is 0 Å². The molecule has 266 valence electrons. The Kier molecular flexibility index (Phi) is 9.15. The van der Waals surface area contributed by atoms with Gasteiger partial charge in [-0.2, -0.15) is 18.2 Å². The fourth-order valence-electron chi connectivity index (χ4n) is 7.98. The van der Waals surface area contributed by atoms with Crippen LogP contribution in [-0.2, 0) is 10.7 Å². The minimum absolute atomic E-state index is 0.0633. The number of benzene rings is 2. The molecule has 5 heterocycles. The molecule has 2 aromatic heterocycles. The van der Waals surface area contributed by atoms with Gasteiger partial charge in [-0.05, 0) is 75.7 Å². The third-order valence-electron chi connectivity index (χ3n) is 10.3. The highest BCUT2D eigenvalue weighted by Crippen LogP contribution is 2.43. The first-order valence-electron chi connectivity index (χ1n) is 16.9. The van der Waals surface area contributed by atoms with Gasteiger partial charge in [0.2, 0.25) is 5.95 Å². The average molecular weight is 710 g/mol. The zero-order chi connectivity index (χ0) is 35.4. The topological polar surface area (TPSA) is 112 Å². The van der Waals surface area contributed by atoms with Gasteiger partial charge in [0.1, 0.15) is 29.8 Å². The first-order valence-corrected chi connectivity index (χ1v) is 19.5. The van der Waals surface area contributed by atoms with E-state index < -0.39 is 24.7 Å². The van der Waals surface area contributed by atoms with E-state index in [-0.39, 0.29) is 16.9 Å². The molecule has 2 aromatic carbocycles. The number of hydrogen-bond acceptors (Lipinski definition) is 11. The number of aromatic nitrogens is 4. The van der Waals surface area contributed by atoms with E-state index in [0.29, 0.717) is 28.5 Å². The van der Waals surface area contributed by atoms with Crippen LogP contribution in [-0.4, -0.2) is 103 Å². The van der Waals surface area contributed by atoms with Gasteiger partial charge in [-0.1, -0.05) is 0 Å². The van der Waals surface area contributed by atoms with E-state index in [4.69, 9.17) is 4.74 Å². The van der Waals surface area contributed by atoms with Crippen molar-refractivity contribution in [2.75, 3.05) is 82.3 Å². The Morgan fingerprint density at radius 3 is 2.30 bits per heavy atom. The number of alkyl halides is 3. The number of ether oxygens (including phenoxy) is 1. The van der Waals surface area contributed by atoms with Crippen LogP contribution in [0.5, 0.6) is 5.75 Å². The van der Waals surface area contributed by atoms with Crippen molar-refractivity contribution in [3.05, 3.63) is 54.0 Å². The number of rotatable bonds is 8. The molecule has 0 aliphatic carbocycles. The van der Waals surface area contributed by atoms with E-state index in [1.807, 2.05) is 19.1 Å². The average Bonchev–Trinajstić information content (AvgIpc) is 3.61. The minimum Gasteiger partial charge on any atom is -0.494 e. The number of fused-ring (bicyclic) bond motifs is 2. The molecule has 0 saturated carbocycles. The van der Waals surface area contributed by atoms with Crippen LogP contribution < -0.4 is 25.6 Å². The van der Waals surface area contributed by atoms with Gasteiger partial charge in [0, 0.05) is 75.7 Å². The SMILES string of the molecule is COc1cc(N2CCC(N3CC4CN(C)CC4C3)CC2)c(C)cc1Nc1ncc(C(F)(F)F)c(Nc2ccc3nccnc3c2P(C)(C)=O)n1. The van der Waals surface area contributed by atoms with Gasteiger partial charge in [0.25, 0.3) is 0 Å². The predicted molar refractivity (Wildman–Crippen MR) is 191 cm³/mol. The third-order valence-corrected chi connectivity index (χ3v) is 11.8. The summed E-state index contributed by atoms with van der Waals surface area (Å²) in [6.45, 7) is 11.8. The summed E-state index contributed by atoms with van der Waals surface area (Å²) in [5.74, 6) is 1.56. The number of nitrogens with zero attached hydrogens (tertiary/aromatic N) is 7. The van der Waals surface area contributed by atoms with Crippen molar-refractivity contribution in [1.29, 1.82) is 0 Å². The molecule has 15 heteroatoms. The third kappa shape index (κ3) is 6.85. The molecular weight excluding hydrogens is 666 g/mol. The number of aryl methyl sites for hydroxylation is 1. The summed E-state index contributed by atoms with van der Waals surface area (Å²) in [4.78, 5) is 24.5. The molecule has 3 aliphatic heterocycles. The van der Waals surface area contributed by atoms with Crippen molar-refractivity contribution in [2.45, 2.75) is 32.0 Å². The Morgan fingerprint density at radius 1 is 0.940 bits per heavy atom. The highest BCUT2D eigenvalue weighted by atomic mass is 31.2. The Hall–Kier alpha value is -4.00. The smallest absolute Gasteiger partial charge is 0.421 e. The van der Waals surface area contributed by atoms with E-state index in [2.05, 4.69) is 52.3 Å². The second-order valence-electron chi connectivity index (χ2n) is 14.2. The molecule has 0 amide bonds. The first kappa shape index (κ1) is 34.4. The lowest BCUT2D eigenvalue weighted by atomic mass is 10.0. The second kappa shape index (κ2) is 13.3. The maximum absolute atomic E-state index is 14.2. The molecule has 0 spiro atoms. The lowest BCUT2D eigenvalue weighted by molar-refractivity contribution is -0.137. The highest BCUT2D eigenvalue weighted by molar-refractivity contribution is 7.71. The van der Waals surface area contributed by atoms with Crippen molar-refractivity contribution in [3.8, 4) is 5.75 Å². The van der Waals surface area contributed by atoms with Gasteiger partial charge in [0.15, 0.2) is 0 Å². The lowest BCUT2D eigenvalue weighted by Gasteiger charge is -2.39. The van der Waals surface area contributed by atoms with E-state index in [9.17, 15) is 17.7 Å². The zero-order valence-corrected chi connectivity index (χ0v) is 29.9. The molecule has 4 aromatic rings. The highest BCUT2D eigenvalue weighted by Gasteiger charge is 2.41. The predicted octanol–water partition coefficient (Wildman–Crippen LogP) is 5.95. The first-order chi connectivity index (χ1) is 23.8. The standard InChI is InChI=1S/C35H43F3N9O2P/c1-21-14-28(30(49-3)15-29(21)46-12-8-24(9-13-46)47-19-22-17-45(2)18-23(22)20-47)43-34-41-16-25(35(36,37)38)33(44-34)42-27-7-6-26-31(40-11-10-39-26)32(27)50(4,5)48/h6-7,10-11,14-16,22-24H,8-9,12-13,17-20H2,1-5H3,(H2,41,42,43,44).